The van der Waals surface area contributed by atoms with Crippen molar-refractivity contribution < 1.29 is 4.79 Å². The van der Waals surface area contributed by atoms with Crippen LogP contribution in [0, 0.1) is 6.92 Å². The molecule has 0 fully saturated rings. The molecule has 124 valence electrons. The van der Waals surface area contributed by atoms with Crippen LogP contribution in [0.2, 0.25) is 0 Å². The van der Waals surface area contributed by atoms with Gasteiger partial charge in [-0.1, -0.05) is 48.4 Å². The normalized spacial score (nSPS) is 12.0. The van der Waals surface area contributed by atoms with E-state index in [0.29, 0.717) is 5.56 Å². The van der Waals surface area contributed by atoms with Crippen molar-refractivity contribution in [1.29, 1.82) is 0 Å². The third-order valence-corrected chi connectivity index (χ3v) is 5.28. The first-order chi connectivity index (χ1) is 11.6. The van der Waals surface area contributed by atoms with E-state index in [2.05, 4.69) is 30.1 Å². The number of amides is 1. The molecule has 4 heteroatoms. The Hall–Kier alpha value is -2.20. The van der Waals surface area contributed by atoms with Gasteiger partial charge in [-0.05, 0) is 49.6 Å². The summed E-state index contributed by atoms with van der Waals surface area (Å²) in [6.07, 6.45) is 3.50. The smallest absolute Gasteiger partial charge is 0.279 e. The van der Waals surface area contributed by atoms with Gasteiger partial charge in [0.25, 0.3) is 5.91 Å². The Morgan fingerprint density at radius 3 is 2.62 bits per heavy atom. The van der Waals surface area contributed by atoms with Crippen molar-refractivity contribution in [2.24, 2.45) is 12.0 Å². The summed E-state index contributed by atoms with van der Waals surface area (Å²) in [6, 6.07) is 14.1. The molecular weight excluding hydrogens is 316 g/mol. The van der Waals surface area contributed by atoms with Crippen molar-refractivity contribution in [3.63, 3.8) is 0 Å². The number of carbonyl (C=O) groups excluding carboxylic acids is 1. The van der Waals surface area contributed by atoms with Crippen molar-refractivity contribution in [2.45, 2.75) is 33.1 Å². The second kappa shape index (κ2) is 7.14. The Kier molecular flexibility index (Phi) is 4.95. The summed E-state index contributed by atoms with van der Waals surface area (Å²) in [5.41, 5.74) is 4.23. The van der Waals surface area contributed by atoms with E-state index in [1.165, 1.54) is 23.1 Å². The third kappa shape index (κ3) is 3.49. The largest absolute Gasteiger partial charge is 0.319 e. The molecule has 3 nitrogen and oxygen atoms in total. The second-order valence-corrected chi connectivity index (χ2v) is 7.14. The number of carbonyl (C=O) groups is 1. The van der Waals surface area contributed by atoms with Gasteiger partial charge in [-0.3, -0.25) is 4.79 Å². The summed E-state index contributed by atoms with van der Waals surface area (Å²) < 4.78 is 3.18. The first-order valence-electron chi connectivity index (χ1n) is 8.32. The van der Waals surface area contributed by atoms with Crippen molar-refractivity contribution in [1.82, 2.24) is 4.57 Å². The maximum atomic E-state index is 12.4. The van der Waals surface area contributed by atoms with Gasteiger partial charge in [-0.2, -0.15) is 4.99 Å². The number of rotatable bonds is 4. The number of benzene rings is 2. The quantitative estimate of drug-likeness (QED) is 0.683. The van der Waals surface area contributed by atoms with Crippen LogP contribution in [0.4, 0.5) is 0 Å². The Bertz CT molecular complexity index is 932. The molecule has 1 heterocycles. The monoisotopic (exact) mass is 338 g/mol. The van der Waals surface area contributed by atoms with Gasteiger partial charge in [-0.15, -0.1) is 0 Å². The molecule has 3 rings (SSSR count). The highest BCUT2D eigenvalue weighted by atomic mass is 32.1. The Morgan fingerprint density at radius 1 is 1.17 bits per heavy atom. The van der Waals surface area contributed by atoms with Gasteiger partial charge in [0.05, 0.1) is 10.2 Å². The molecule has 0 bridgehead atoms. The molecular formula is C20H22N2OS. The molecule has 2 aromatic carbocycles. The molecule has 1 amide bonds. The van der Waals surface area contributed by atoms with Gasteiger partial charge in [0, 0.05) is 12.6 Å². The zero-order valence-electron chi connectivity index (χ0n) is 14.4. The molecule has 0 spiro atoms. The average molecular weight is 338 g/mol. The standard InChI is InChI=1S/C20H22N2OS/c1-4-5-6-15-9-12-17-18(13-15)24-20(22(17)3)21-19(23)16-10-7-14(2)8-11-16/h7-13H,4-6H2,1-3H3. The van der Waals surface area contributed by atoms with Crippen LogP contribution in [0.1, 0.15) is 41.3 Å². The lowest BCUT2D eigenvalue weighted by molar-refractivity contribution is 0.0998. The topological polar surface area (TPSA) is 34.4 Å². The summed E-state index contributed by atoms with van der Waals surface area (Å²) in [7, 11) is 1.96. The van der Waals surface area contributed by atoms with Crippen molar-refractivity contribution >= 4 is 27.5 Å². The minimum atomic E-state index is -0.191. The fraction of sp³-hybridized carbons (Fsp3) is 0.300. The Morgan fingerprint density at radius 2 is 1.92 bits per heavy atom. The predicted octanol–water partition coefficient (Wildman–Crippen LogP) is 4.63. The van der Waals surface area contributed by atoms with Crippen molar-refractivity contribution in [3.05, 3.63) is 64.0 Å². The summed E-state index contributed by atoms with van der Waals surface area (Å²) in [5.74, 6) is -0.191. The van der Waals surface area contributed by atoms with Crippen molar-refractivity contribution in [3.8, 4) is 0 Å². The number of aromatic nitrogens is 1. The highest BCUT2D eigenvalue weighted by Gasteiger charge is 2.07. The molecule has 0 aliphatic rings. The molecule has 0 radical (unpaired) electrons. The molecule has 0 saturated heterocycles. The molecule has 0 unspecified atom stereocenters. The molecule has 0 aliphatic carbocycles. The van der Waals surface area contributed by atoms with Gasteiger partial charge in [-0.25, -0.2) is 0 Å². The molecule has 1 aromatic heterocycles. The molecule has 3 aromatic rings. The fourth-order valence-corrected chi connectivity index (χ4v) is 3.75. The van der Waals surface area contributed by atoms with E-state index in [1.807, 2.05) is 42.8 Å². The van der Waals surface area contributed by atoms with Gasteiger partial charge in [0.15, 0.2) is 4.80 Å². The van der Waals surface area contributed by atoms with E-state index in [1.54, 1.807) is 11.3 Å². The number of fused-ring (bicyclic) bond motifs is 1. The molecule has 0 N–H and O–H groups in total. The second-order valence-electron chi connectivity index (χ2n) is 6.13. The minimum Gasteiger partial charge on any atom is -0.319 e. The number of thiazole rings is 1. The van der Waals surface area contributed by atoms with E-state index in [-0.39, 0.29) is 5.91 Å². The highest BCUT2D eigenvalue weighted by molar-refractivity contribution is 7.16. The SMILES string of the molecule is CCCCc1ccc2c(c1)sc(=NC(=O)c1ccc(C)cc1)n2C. The van der Waals surface area contributed by atoms with Crippen LogP contribution in [0.15, 0.2) is 47.5 Å². The first kappa shape index (κ1) is 16.7. The van der Waals surface area contributed by atoms with Crippen LogP contribution in [-0.4, -0.2) is 10.5 Å². The van der Waals surface area contributed by atoms with Gasteiger partial charge >= 0.3 is 0 Å². The van der Waals surface area contributed by atoms with Crippen LogP contribution in [0.25, 0.3) is 10.2 Å². The lowest BCUT2D eigenvalue weighted by Gasteiger charge is -2.00. The molecule has 0 aliphatic heterocycles. The fourth-order valence-electron chi connectivity index (χ4n) is 2.67. The highest BCUT2D eigenvalue weighted by Crippen LogP contribution is 2.19. The Balaban J connectivity index is 1.97. The van der Waals surface area contributed by atoms with Gasteiger partial charge < -0.3 is 4.57 Å². The van der Waals surface area contributed by atoms with E-state index < -0.39 is 0 Å². The van der Waals surface area contributed by atoms with Gasteiger partial charge in [0.2, 0.25) is 0 Å². The first-order valence-corrected chi connectivity index (χ1v) is 9.14. The van der Waals surface area contributed by atoms with Crippen LogP contribution in [0.5, 0.6) is 0 Å². The lowest BCUT2D eigenvalue weighted by atomic mass is 10.1. The predicted molar refractivity (Wildman–Crippen MR) is 100 cm³/mol. The summed E-state index contributed by atoms with van der Waals surface area (Å²) in [4.78, 5) is 17.5. The lowest BCUT2D eigenvalue weighted by Crippen LogP contribution is -2.13. The van der Waals surface area contributed by atoms with Crippen molar-refractivity contribution in [2.75, 3.05) is 0 Å². The summed E-state index contributed by atoms with van der Waals surface area (Å²) in [5, 5.41) is 0. The van der Waals surface area contributed by atoms with Crippen LogP contribution >= 0.6 is 11.3 Å². The summed E-state index contributed by atoms with van der Waals surface area (Å²) in [6.45, 7) is 4.21. The Labute approximate surface area is 146 Å². The van der Waals surface area contributed by atoms with E-state index in [0.717, 1.165) is 22.3 Å². The van der Waals surface area contributed by atoms with E-state index >= 15 is 0 Å². The summed E-state index contributed by atoms with van der Waals surface area (Å²) >= 11 is 1.57. The molecule has 24 heavy (non-hydrogen) atoms. The van der Waals surface area contributed by atoms with Gasteiger partial charge in [0.1, 0.15) is 0 Å². The average Bonchev–Trinajstić information content (AvgIpc) is 2.89. The minimum absolute atomic E-state index is 0.191. The maximum Gasteiger partial charge on any atom is 0.279 e. The number of nitrogens with zero attached hydrogens (tertiary/aromatic N) is 2. The zero-order chi connectivity index (χ0) is 17.1. The van der Waals surface area contributed by atoms with E-state index in [4.69, 9.17) is 0 Å². The molecule has 0 saturated carbocycles. The van der Waals surface area contributed by atoms with Crippen LogP contribution in [-0.2, 0) is 13.5 Å². The maximum absolute atomic E-state index is 12.4. The van der Waals surface area contributed by atoms with Crippen LogP contribution in [0.3, 0.4) is 0 Å². The van der Waals surface area contributed by atoms with Crippen LogP contribution < -0.4 is 4.80 Å². The zero-order valence-corrected chi connectivity index (χ0v) is 15.2. The number of hydrogen-bond donors (Lipinski definition) is 0. The number of hydrogen-bond acceptors (Lipinski definition) is 2. The third-order valence-electron chi connectivity index (χ3n) is 4.19. The van der Waals surface area contributed by atoms with E-state index in [9.17, 15) is 4.79 Å². The number of aryl methyl sites for hydroxylation is 3. The number of unbranched alkanes of at least 4 members (excludes halogenated alkanes) is 1. The molecule has 0 atom stereocenters.